The van der Waals surface area contributed by atoms with Crippen molar-refractivity contribution < 1.29 is 9.90 Å². The molecule has 0 aliphatic rings. The molecule has 0 aliphatic carbocycles. The number of aromatic nitrogens is 3. The number of hydrogen-bond donors (Lipinski definition) is 2. The fourth-order valence-corrected chi connectivity index (χ4v) is 3.48. The lowest BCUT2D eigenvalue weighted by atomic mass is 10.0. The van der Waals surface area contributed by atoms with E-state index >= 15 is 0 Å². The highest BCUT2D eigenvalue weighted by atomic mass is 16.3. The van der Waals surface area contributed by atoms with Crippen LogP contribution < -0.4 is 0 Å². The summed E-state index contributed by atoms with van der Waals surface area (Å²) in [7, 11) is 1.85. The Morgan fingerprint density at radius 1 is 1.27 bits per heavy atom. The van der Waals surface area contributed by atoms with Crippen molar-refractivity contribution in [3.05, 3.63) is 52.5 Å². The number of carbonyl (C=O) groups excluding carboxylic acids is 1. The molecule has 1 aromatic carbocycles. The molecular formula is C20H26N4O2. The molecule has 6 heteroatoms. The largest absolute Gasteiger partial charge is 0.395 e. The van der Waals surface area contributed by atoms with Gasteiger partial charge in [0.15, 0.2) is 0 Å². The lowest BCUT2D eigenvalue weighted by molar-refractivity contribution is -0.131. The van der Waals surface area contributed by atoms with Crippen molar-refractivity contribution >= 4 is 16.8 Å². The van der Waals surface area contributed by atoms with Gasteiger partial charge in [-0.25, -0.2) is 0 Å². The van der Waals surface area contributed by atoms with Gasteiger partial charge in [0.1, 0.15) is 0 Å². The number of H-pyrrole nitrogens is 1. The maximum absolute atomic E-state index is 13.0. The second kappa shape index (κ2) is 7.33. The Balaban J connectivity index is 1.89. The van der Waals surface area contributed by atoms with E-state index in [0.29, 0.717) is 19.5 Å². The van der Waals surface area contributed by atoms with Gasteiger partial charge in [0, 0.05) is 48.5 Å². The zero-order valence-electron chi connectivity index (χ0n) is 15.8. The normalized spacial score (nSPS) is 11.3. The van der Waals surface area contributed by atoms with Gasteiger partial charge in [-0.1, -0.05) is 12.1 Å². The van der Waals surface area contributed by atoms with Crippen molar-refractivity contribution in [1.82, 2.24) is 19.7 Å². The lowest BCUT2D eigenvalue weighted by Gasteiger charge is -2.21. The van der Waals surface area contributed by atoms with Gasteiger partial charge >= 0.3 is 0 Å². The number of benzene rings is 1. The van der Waals surface area contributed by atoms with Crippen LogP contribution in [0.5, 0.6) is 0 Å². The predicted molar refractivity (Wildman–Crippen MR) is 102 cm³/mol. The third-order valence-electron chi connectivity index (χ3n) is 4.87. The summed E-state index contributed by atoms with van der Waals surface area (Å²) >= 11 is 0. The molecule has 2 N–H and O–H groups in total. The molecule has 0 saturated carbocycles. The summed E-state index contributed by atoms with van der Waals surface area (Å²) in [5.41, 5.74) is 6.47. The van der Waals surface area contributed by atoms with Gasteiger partial charge in [-0.2, -0.15) is 5.10 Å². The van der Waals surface area contributed by atoms with Gasteiger partial charge in [0.05, 0.1) is 19.2 Å². The smallest absolute Gasteiger partial charge is 0.227 e. The summed E-state index contributed by atoms with van der Waals surface area (Å²) in [4.78, 5) is 18.1. The van der Waals surface area contributed by atoms with Gasteiger partial charge in [-0.15, -0.1) is 0 Å². The Morgan fingerprint density at radius 2 is 2.00 bits per heavy atom. The molecule has 3 aromatic rings. The van der Waals surface area contributed by atoms with E-state index in [-0.39, 0.29) is 12.5 Å². The number of aromatic amines is 1. The first-order chi connectivity index (χ1) is 12.4. The lowest BCUT2D eigenvalue weighted by Crippen LogP contribution is -2.34. The van der Waals surface area contributed by atoms with Crippen LogP contribution in [0.1, 0.15) is 27.9 Å². The summed E-state index contributed by atoms with van der Waals surface area (Å²) in [5, 5.41) is 14.7. The standard InChI is InChI=1S/C20H26N4O2/c1-13-5-6-14(2)20-19(13)17(15(3)22-20)9-18(26)24(7-8-25)12-16-10-21-23(4)11-16/h5-6,10-11,22,25H,7-9,12H2,1-4H3. The molecule has 1 amide bonds. The number of fused-ring (bicyclic) bond motifs is 1. The van der Waals surface area contributed by atoms with Crippen molar-refractivity contribution in [1.29, 1.82) is 0 Å². The molecule has 2 aromatic heterocycles. The molecule has 0 saturated heterocycles. The summed E-state index contributed by atoms with van der Waals surface area (Å²) in [6, 6.07) is 4.19. The molecule has 0 atom stereocenters. The first kappa shape index (κ1) is 18.2. The Hall–Kier alpha value is -2.60. The van der Waals surface area contributed by atoms with E-state index in [9.17, 15) is 9.90 Å². The first-order valence-electron chi connectivity index (χ1n) is 8.84. The second-order valence-corrected chi connectivity index (χ2v) is 6.92. The number of nitrogens with zero attached hydrogens (tertiary/aromatic N) is 3. The molecule has 138 valence electrons. The maximum atomic E-state index is 13.0. The van der Waals surface area contributed by atoms with Crippen molar-refractivity contribution in [2.24, 2.45) is 7.05 Å². The second-order valence-electron chi connectivity index (χ2n) is 6.92. The Kier molecular flexibility index (Phi) is 5.13. The number of carbonyl (C=O) groups is 1. The minimum absolute atomic E-state index is 0.00723. The van der Waals surface area contributed by atoms with E-state index in [1.165, 1.54) is 11.1 Å². The minimum atomic E-state index is -0.0585. The monoisotopic (exact) mass is 354 g/mol. The van der Waals surface area contributed by atoms with Crippen LogP contribution in [-0.2, 0) is 24.8 Å². The van der Waals surface area contributed by atoms with Crippen LogP contribution in [0.4, 0.5) is 0 Å². The number of aryl methyl sites for hydroxylation is 4. The average molecular weight is 354 g/mol. The molecule has 0 aliphatic heterocycles. The van der Waals surface area contributed by atoms with E-state index in [0.717, 1.165) is 27.7 Å². The number of aliphatic hydroxyl groups is 1. The number of rotatable bonds is 6. The zero-order chi connectivity index (χ0) is 18.8. The van der Waals surface area contributed by atoms with Crippen LogP contribution >= 0.6 is 0 Å². The van der Waals surface area contributed by atoms with Crippen LogP contribution in [0, 0.1) is 20.8 Å². The van der Waals surface area contributed by atoms with Gasteiger partial charge in [0.2, 0.25) is 5.91 Å². The first-order valence-corrected chi connectivity index (χ1v) is 8.84. The molecular weight excluding hydrogens is 328 g/mol. The van der Waals surface area contributed by atoms with Crippen molar-refractivity contribution in [3.63, 3.8) is 0 Å². The third kappa shape index (κ3) is 3.51. The van der Waals surface area contributed by atoms with E-state index in [2.05, 4.69) is 36.1 Å². The third-order valence-corrected chi connectivity index (χ3v) is 4.87. The number of nitrogens with one attached hydrogen (secondary N) is 1. The quantitative estimate of drug-likeness (QED) is 0.714. The minimum Gasteiger partial charge on any atom is -0.395 e. The molecule has 0 radical (unpaired) electrons. The van der Waals surface area contributed by atoms with Gasteiger partial charge in [-0.3, -0.25) is 9.48 Å². The topological polar surface area (TPSA) is 74.2 Å². The average Bonchev–Trinajstić information content (AvgIpc) is 3.15. The van der Waals surface area contributed by atoms with Crippen molar-refractivity contribution in [2.75, 3.05) is 13.2 Å². The van der Waals surface area contributed by atoms with Crippen LogP contribution in [0.3, 0.4) is 0 Å². The maximum Gasteiger partial charge on any atom is 0.227 e. The summed E-state index contributed by atoms with van der Waals surface area (Å²) < 4.78 is 1.72. The number of hydrogen-bond acceptors (Lipinski definition) is 3. The predicted octanol–water partition coefficient (Wildman–Crippen LogP) is 2.39. The SMILES string of the molecule is Cc1[nH]c2c(C)ccc(C)c2c1CC(=O)N(CCO)Cc1cnn(C)c1. The van der Waals surface area contributed by atoms with Crippen LogP contribution in [0.25, 0.3) is 10.9 Å². The molecule has 3 rings (SSSR count). The van der Waals surface area contributed by atoms with Gasteiger partial charge < -0.3 is 15.0 Å². The Bertz CT molecular complexity index is 939. The highest BCUT2D eigenvalue weighted by molar-refractivity contribution is 5.93. The summed E-state index contributed by atoms with van der Waals surface area (Å²) in [6.07, 6.45) is 3.96. The molecule has 0 bridgehead atoms. The molecule has 2 heterocycles. The fraction of sp³-hybridized carbons (Fsp3) is 0.400. The number of amides is 1. The van der Waals surface area contributed by atoms with Crippen molar-refractivity contribution in [3.8, 4) is 0 Å². The van der Waals surface area contributed by atoms with Crippen molar-refractivity contribution in [2.45, 2.75) is 33.7 Å². The molecule has 6 nitrogen and oxygen atoms in total. The van der Waals surface area contributed by atoms with Gasteiger partial charge in [0.25, 0.3) is 0 Å². The van der Waals surface area contributed by atoms with E-state index < -0.39 is 0 Å². The van der Waals surface area contributed by atoms with Crippen LogP contribution in [-0.4, -0.2) is 43.8 Å². The molecule has 0 spiro atoms. The Labute approximate surface area is 153 Å². The van der Waals surface area contributed by atoms with Crippen LogP contribution in [0.2, 0.25) is 0 Å². The summed E-state index contributed by atoms with van der Waals surface area (Å²) in [5.74, 6) is 0.00723. The fourth-order valence-electron chi connectivity index (χ4n) is 3.48. The molecule has 26 heavy (non-hydrogen) atoms. The van der Waals surface area contributed by atoms with Crippen LogP contribution in [0.15, 0.2) is 24.5 Å². The number of aliphatic hydroxyl groups excluding tert-OH is 1. The zero-order valence-corrected chi connectivity index (χ0v) is 15.8. The molecule has 0 fully saturated rings. The highest BCUT2D eigenvalue weighted by Crippen LogP contribution is 2.28. The summed E-state index contributed by atoms with van der Waals surface area (Å²) in [6.45, 7) is 6.86. The highest BCUT2D eigenvalue weighted by Gasteiger charge is 2.20. The van der Waals surface area contributed by atoms with E-state index in [4.69, 9.17) is 0 Å². The Morgan fingerprint density at radius 3 is 2.65 bits per heavy atom. The molecule has 0 unspecified atom stereocenters. The van der Waals surface area contributed by atoms with E-state index in [1.54, 1.807) is 15.8 Å². The van der Waals surface area contributed by atoms with E-state index in [1.807, 2.05) is 20.2 Å². The van der Waals surface area contributed by atoms with Gasteiger partial charge in [-0.05, 0) is 37.5 Å².